The number of ether oxygens (including phenoxy) is 2. The van der Waals surface area contributed by atoms with E-state index in [0.29, 0.717) is 23.9 Å². The van der Waals surface area contributed by atoms with Gasteiger partial charge in [-0.1, -0.05) is 180 Å². The maximum atomic E-state index is 12.7. The third-order valence-corrected chi connectivity index (χ3v) is 11.4. The van der Waals surface area contributed by atoms with Crippen molar-refractivity contribution in [2.75, 3.05) is 47.5 Å². The molecule has 0 saturated heterocycles. The zero-order valence-corrected chi connectivity index (χ0v) is 44.4. The van der Waals surface area contributed by atoms with E-state index in [2.05, 4.69) is 135 Å². The van der Waals surface area contributed by atoms with Crippen LogP contribution >= 0.6 is 7.82 Å². The van der Waals surface area contributed by atoms with Gasteiger partial charge < -0.3 is 27.9 Å². The van der Waals surface area contributed by atoms with Gasteiger partial charge in [0.15, 0.2) is 6.10 Å². The summed E-state index contributed by atoms with van der Waals surface area (Å²) in [5.41, 5.74) is 0. The van der Waals surface area contributed by atoms with E-state index in [1.807, 2.05) is 21.1 Å². The minimum atomic E-state index is -4.65. The number of rotatable bonds is 46. The Bertz CT molecular complexity index is 1560. The average molecular weight is 966 g/mol. The summed E-state index contributed by atoms with van der Waals surface area (Å²) in [4.78, 5) is 37.7. The highest BCUT2D eigenvalue weighted by molar-refractivity contribution is 7.45. The first-order valence-electron chi connectivity index (χ1n) is 26.2. The minimum Gasteiger partial charge on any atom is -0.756 e. The van der Waals surface area contributed by atoms with E-state index in [1.165, 1.54) is 32.1 Å². The number of likely N-dealkylation sites (N-methyl/N-ethyl adjacent to an activating group) is 1. The van der Waals surface area contributed by atoms with Gasteiger partial charge in [-0.3, -0.25) is 14.2 Å². The van der Waals surface area contributed by atoms with Gasteiger partial charge in [0.1, 0.15) is 19.8 Å². The number of quaternary nitrogens is 1. The van der Waals surface area contributed by atoms with E-state index in [-0.39, 0.29) is 26.1 Å². The highest BCUT2D eigenvalue weighted by atomic mass is 31.2. The molecule has 0 aromatic carbocycles. The van der Waals surface area contributed by atoms with E-state index in [9.17, 15) is 19.0 Å². The first kappa shape index (κ1) is 64.4. The lowest BCUT2D eigenvalue weighted by molar-refractivity contribution is -0.870. The van der Waals surface area contributed by atoms with Crippen LogP contribution in [0, 0.1) is 0 Å². The Morgan fingerprint density at radius 2 is 0.838 bits per heavy atom. The van der Waals surface area contributed by atoms with Gasteiger partial charge in [0.2, 0.25) is 0 Å². The van der Waals surface area contributed by atoms with Crippen LogP contribution in [-0.2, 0) is 32.7 Å². The number of esters is 2. The van der Waals surface area contributed by atoms with E-state index >= 15 is 0 Å². The average Bonchev–Trinajstić information content (AvgIpc) is 3.30. The predicted octanol–water partition coefficient (Wildman–Crippen LogP) is 15.4. The van der Waals surface area contributed by atoms with Gasteiger partial charge >= 0.3 is 11.9 Å². The van der Waals surface area contributed by atoms with Crippen molar-refractivity contribution in [1.29, 1.82) is 0 Å². The molecule has 0 spiro atoms. The Labute approximate surface area is 416 Å². The lowest BCUT2D eigenvalue weighted by Gasteiger charge is -2.28. The SMILES string of the molecule is CC/C=C\C/C=C\C/C=C\C/C=C\C/C=C\C/C=C\C/C=C\C/C=C\C/C=C\CCCCCC(=O)OC(COC(=O)CCCCCCC/C=C\CCCCCC)COP(=O)([O-])OCC[N+](C)(C)C. The molecule has 2 unspecified atom stereocenters. The van der Waals surface area contributed by atoms with E-state index in [0.717, 1.165) is 109 Å². The number of nitrogens with zero attached hydrogens (tertiary/aromatic N) is 1. The first-order valence-corrected chi connectivity index (χ1v) is 27.7. The summed E-state index contributed by atoms with van der Waals surface area (Å²) in [6.07, 6.45) is 68.1. The molecule has 0 bridgehead atoms. The molecule has 0 aromatic rings. The van der Waals surface area contributed by atoms with Gasteiger partial charge in [0, 0.05) is 12.8 Å². The maximum Gasteiger partial charge on any atom is 0.306 e. The van der Waals surface area contributed by atoms with Crippen molar-refractivity contribution in [3.63, 3.8) is 0 Å². The van der Waals surface area contributed by atoms with Gasteiger partial charge in [-0.25, -0.2) is 0 Å². The van der Waals surface area contributed by atoms with Gasteiger partial charge in [-0.05, 0) is 109 Å². The Balaban J connectivity index is 4.32. The number of hydrogen-bond acceptors (Lipinski definition) is 8. The molecule has 0 saturated carbocycles. The fourth-order valence-electron chi connectivity index (χ4n) is 6.40. The highest BCUT2D eigenvalue weighted by Gasteiger charge is 2.21. The summed E-state index contributed by atoms with van der Waals surface area (Å²) in [6.45, 7) is 4.02. The maximum absolute atomic E-state index is 12.7. The molecular formula is C58H96NO8P. The molecular weight excluding hydrogens is 870 g/mol. The molecule has 0 heterocycles. The molecule has 68 heavy (non-hydrogen) atoms. The summed E-state index contributed by atoms with van der Waals surface area (Å²) < 4.78 is 34.0. The number of carbonyl (C=O) groups is 2. The highest BCUT2D eigenvalue weighted by Crippen LogP contribution is 2.38. The van der Waals surface area contributed by atoms with Crippen LogP contribution in [0.15, 0.2) is 122 Å². The van der Waals surface area contributed by atoms with Crippen molar-refractivity contribution in [2.45, 2.75) is 187 Å². The molecule has 386 valence electrons. The van der Waals surface area contributed by atoms with Gasteiger partial charge in [0.05, 0.1) is 27.7 Å². The fourth-order valence-corrected chi connectivity index (χ4v) is 7.13. The second-order valence-corrected chi connectivity index (χ2v) is 19.6. The molecule has 0 aliphatic heterocycles. The van der Waals surface area contributed by atoms with Crippen LogP contribution in [0.3, 0.4) is 0 Å². The first-order chi connectivity index (χ1) is 33.0. The third-order valence-electron chi connectivity index (χ3n) is 10.5. The Morgan fingerprint density at radius 3 is 1.28 bits per heavy atom. The van der Waals surface area contributed by atoms with Crippen molar-refractivity contribution in [1.82, 2.24) is 0 Å². The Hall–Kier alpha value is -3.59. The molecule has 2 atom stereocenters. The quantitative estimate of drug-likeness (QED) is 0.0195. The van der Waals surface area contributed by atoms with Crippen molar-refractivity contribution < 1.29 is 42.1 Å². The minimum absolute atomic E-state index is 0.0458. The molecule has 0 aromatic heterocycles. The van der Waals surface area contributed by atoms with Crippen molar-refractivity contribution in [3.8, 4) is 0 Å². The van der Waals surface area contributed by atoms with Gasteiger partial charge in [-0.2, -0.15) is 0 Å². The lowest BCUT2D eigenvalue weighted by atomic mass is 10.1. The van der Waals surface area contributed by atoms with Crippen molar-refractivity contribution in [3.05, 3.63) is 122 Å². The van der Waals surface area contributed by atoms with Crippen LogP contribution in [0.1, 0.15) is 181 Å². The number of hydrogen-bond donors (Lipinski definition) is 0. The molecule has 0 amide bonds. The molecule has 10 heteroatoms. The molecule has 0 aliphatic carbocycles. The fraction of sp³-hybridized carbons (Fsp3) is 0.621. The molecule has 0 radical (unpaired) electrons. The molecule has 0 fully saturated rings. The normalized spacial score (nSPS) is 14.4. The summed E-state index contributed by atoms with van der Waals surface area (Å²) in [6, 6.07) is 0. The van der Waals surface area contributed by atoms with Crippen LogP contribution in [0.25, 0.3) is 0 Å². The zero-order valence-electron chi connectivity index (χ0n) is 43.5. The number of phosphoric acid groups is 1. The van der Waals surface area contributed by atoms with E-state index in [1.54, 1.807) is 0 Å². The summed E-state index contributed by atoms with van der Waals surface area (Å²) in [7, 11) is 1.12. The summed E-state index contributed by atoms with van der Waals surface area (Å²) in [5, 5.41) is 0. The predicted molar refractivity (Wildman–Crippen MR) is 286 cm³/mol. The van der Waals surface area contributed by atoms with E-state index < -0.39 is 32.5 Å². The van der Waals surface area contributed by atoms with Crippen LogP contribution in [0.4, 0.5) is 0 Å². The summed E-state index contributed by atoms with van der Waals surface area (Å²) in [5.74, 6) is -0.894. The molecule has 0 aliphatic rings. The zero-order chi connectivity index (χ0) is 49.9. The smallest absolute Gasteiger partial charge is 0.306 e. The van der Waals surface area contributed by atoms with Gasteiger partial charge in [0.25, 0.3) is 7.82 Å². The van der Waals surface area contributed by atoms with Crippen molar-refractivity contribution >= 4 is 19.8 Å². The number of allylic oxidation sites excluding steroid dienone is 20. The number of carbonyl (C=O) groups excluding carboxylic acids is 2. The van der Waals surface area contributed by atoms with Gasteiger partial charge in [-0.15, -0.1) is 0 Å². The molecule has 9 nitrogen and oxygen atoms in total. The lowest BCUT2D eigenvalue weighted by Crippen LogP contribution is -2.37. The van der Waals surface area contributed by atoms with Crippen LogP contribution < -0.4 is 4.89 Å². The second kappa shape index (κ2) is 48.4. The molecule has 0 N–H and O–H groups in total. The topological polar surface area (TPSA) is 111 Å². The largest absolute Gasteiger partial charge is 0.756 e. The number of phosphoric ester groups is 1. The third kappa shape index (κ3) is 51.8. The molecule has 0 rings (SSSR count). The number of unbranched alkanes of at least 4 members (excludes halogenated alkanes) is 12. The van der Waals surface area contributed by atoms with Crippen LogP contribution in [0.2, 0.25) is 0 Å². The monoisotopic (exact) mass is 966 g/mol. The Morgan fingerprint density at radius 1 is 0.471 bits per heavy atom. The van der Waals surface area contributed by atoms with E-state index in [4.69, 9.17) is 18.5 Å². The Kier molecular flexibility index (Phi) is 45.9. The second-order valence-electron chi connectivity index (χ2n) is 18.1. The summed E-state index contributed by atoms with van der Waals surface area (Å²) >= 11 is 0. The van der Waals surface area contributed by atoms with Crippen LogP contribution in [-0.4, -0.2) is 70.0 Å². The van der Waals surface area contributed by atoms with Crippen LogP contribution in [0.5, 0.6) is 0 Å². The standard InChI is InChI=1S/C58H96NO8P/c1-6-8-10-12-14-16-18-20-21-22-23-24-25-26-27-28-29-30-31-32-33-34-35-36-37-39-41-43-45-47-49-51-58(61)67-56(55-66-68(62,63)65-53-52-59(3,4)5)54-64-57(60)50-48-46-44-42-40-38-19-17-15-13-11-9-7-2/h8,10,14,16-17,19-21,23-24,26-27,29-30,32-33,35-36,39,41,56H,6-7,9,11-13,15,18,22,25,28,31,34,37-38,40,42-55H2,1-5H3/b10-8-,16-14-,19-17-,21-20-,24-23-,27-26-,30-29-,33-32-,36-35-,41-39-. The van der Waals surface area contributed by atoms with Crippen molar-refractivity contribution in [2.24, 2.45) is 0 Å².